The number of carbonyl (C=O) groups is 3. The normalized spacial score (nSPS) is 15.4. The summed E-state index contributed by atoms with van der Waals surface area (Å²) in [6, 6.07) is 11.5. The third-order valence-electron chi connectivity index (χ3n) is 3.94. The molecule has 1 atom stereocenters. The minimum atomic E-state index is -0.623. The van der Waals surface area contributed by atoms with E-state index < -0.39 is 17.8 Å². The SMILES string of the molecule is CC1Oc2ccc(NC(=O)c3cccc(NC(=O)OC(C)(C)C)c3)cc2NC1=O. The monoisotopic (exact) mass is 397 g/mol. The molecule has 1 aliphatic rings. The number of rotatable bonds is 3. The zero-order chi connectivity index (χ0) is 21.2. The Bertz CT molecular complexity index is 965. The number of fused-ring (bicyclic) bond motifs is 1. The maximum absolute atomic E-state index is 12.6. The van der Waals surface area contributed by atoms with Crippen LogP contribution in [0, 0.1) is 0 Å². The summed E-state index contributed by atoms with van der Waals surface area (Å²) in [6.45, 7) is 6.96. The summed E-state index contributed by atoms with van der Waals surface area (Å²) in [5, 5.41) is 8.10. The van der Waals surface area contributed by atoms with Gasteiger partial charge in [0.15, 0.2) is 6.10 Å². The average Bonchev–Trinajstić information content (AvgIpc) is 2.61. The lowest BCUT2D eigenvalue weighted by Crippen LogP contribution is -2.34. The molecule has 0 fully saturated rings. The molecule has 0 saturated heterocycles. The van der Waals surface area contributed by atoms with E-state index in [2.05, 4.69) is 16.0 Å². The molecular weight excluding hydrogens is 374 g/mol. The standard InChI is InChI=1S/C21H23N3O5/c1-12-18(25)24-16-11-15(8-9-17(16)28-12)22-19(26)13-6-5-7-14(10-13)23-20(27)29-21(2,3)4/h5-12H,1-4H3,(H,22,26)(H,23,27)(H,24,25). The highest BCUT2D eigenvalue weighted by atomic mass is 16.6. The summed E-state index contributed by atoms with van der Waals surface area (Å²) < 4.78 is 10.7. The van der Waals surface area contributed by atoms with E-state index in [-0.39, 0.29) is 11.8 Å². The number of nitrogens with one attached hydrogen (secondary N) is 3. The lowest BCUT2D eigenvalue weighted by Gasteiger charge is -2.23. The van der Waals surface area contributed by atoms with Gasteiger partial charge in [0.1, 0.15) is 11.4 Å². The van der Waals surface area contributed by atoms with Gasteiger partial charge in [-0.1, -0.05) is 6.07 Å². The van der Waals surface area contributed by atoms with Gasteiger partial charge in [-0.15, -0.1) is 0 Å². The predicted octanol–water partition coefficient (Wildman–Crippen LogP) is 4.01. The highest BCUT2D eigenvalue weighted by molar-refractivity contribution is 6.06. The van der Waals surface area contributed by atoms with Crippen molar-refractivity contribution in [2.24, 2.45) is 0 Å². The number of hydrogen-bond acceptors (Lipinski definition) is 5. The Kier molecular flexibility index (Phi) is 5.45. The van der Waals surface area contributed by atoms with E-state index in [0.29, 0.717) is 28.4 Å². The van der Waals surface area contributed by atoms with E-state index in [0.717, 1.165) is 0 Å². The molecule has 3 amide bonds. The Labute approximate surface area is 168 Å². The van der Waals surface area contributed by atoms with Gasteiger partial charge in [-0.3, -0.25) is 14.9 Å². The van der Waals surface area contributed by atoms with Crippen molar-refractivity contribution in [3.8, 4) is 5.75 Å². The van der Waals surface area contributed by atoms with Crippen LogP contribution in [0.15, 0.2) is 42.5 Å². The predicted molar refractivity (Wildman–Crippen MR) is 109 cm³/mol. The zero-order valence-corrected chi connectivity index (χ0v) is 16.7. The largest absolute Gasteiger partial charge is 0.479 e. The molecule has 1 aliphatic heterocycles. The molecule has 1 unspecified atom stereocenters. The van der Waals surface area contributed by atoms with Gasteiger partial charge in [0.2, 0.25) is 0 Å². The first-order valence-electron chi connectivity index (χ1n) is 9.14. The lowest BCUT2D eigenvalue weighted by molar-refractivity contribution is -0.122. The van der Waals surface area contributed by atoms with Gasteiger partial charge < -0.3 is 20.1 Å². The number of carbonyl (C=O) groups excluding carboxylic acids is 3. The van der Waals surface area contributed by atoms with Gasteiger partial charge in [-0.25, -0.2) is 4.79 Å². The molecule has 0 aliphatic carbocycles. The number of hydrogen-bond donors (Lipinski definition) is 3. The molecule has 3 N–H and O–H groups in total. The first-order valence-corrected chi connectivity index (χ1v) is 9.14. The Morgan fingerprint density at radius 1 is 1.07 bits per heavy atom. The zero-order valence-electron chi connectivity index (χ0n) is 16.7. The van der Waals surface area contributed by atoms with Crippen molar-refractivity contribution in [2.75, 3.05) is 16.0 Å². The third kappa shape index (κ3) is 5.25. The van der Waals surface area contributed by atoms with E-state index in [1.165, 1.54) is 0 Å². The summed E-state index contributed by atoms with van der Waals surface area (Å²) >= 11 is 0. The molecular formula is C21H23N3O5. The molecule has 0 spiro atoms. The fourth-order valence-corrected chi connectivity index (χ4v) is 2.65. The molecule has 2 aromatic rings. The first-order chi connectivity index (χ1) is 13.6. The van der Waals surface area contributed by atoms with Gasteiger partial charge >= 0.3 is 6.09 Å². The van der Waals surface area contributed by atoms with E-state index >= 15 is 0 Å². The van der Waals surface area contributed by atoms with Crippen molar-refractivity contribution >= 4 is 35.0 Å². The van der Waals surface area contributed by atoms with E-state index in [4.69, 9.17) is 9.47 Å². The van der Waals surface area contributed by atoms with Crippen LogP contribution in [0.2, 0.25) is 0 Å². The fraction of sp³-hybridized carbons (Fsp3) is 0.286. The van der Waals surface area contributed by atoms with Crippen molar-refractivity contribution in [2.45, 2.75) is 39.4 Å². The molecule has 0 radical (unpaired) electrons. The second-order valence-corrected chi connectivity index (χ2v) is 7.62. The lowest BCUT2D eigenvalue weighted by atomic mass is 10.1. The summed E-state index contributed by atoms with van der Waals surface area (Å²) in [4.78, 5) is 36.3. The Balaban J connectivity index is 1.69. The van der Waals surface area contributed by atoms with Crippen LogP contribution in [0.25, 0.3) is 0 Å². The van der Waals surface area contributed by atoms with Crippen LogP contribution < -0.4 is 20.7 Å². The molecule has 0 bridgehead atoms. The minimum Gasteiger partial charge on any atom is -0.479 e. The van der Waals surface area contributed by atoms with Crippen LogP contribution in [0.1, 0.15) is 38.1 Å². The number of ether oxygens (including phenoxy) is 2. The van der Waals surface area contributed by atoms with E-state index in [1.807, 2.05) is 0 Å². The number of amides is 3. The molecule has 8 heteroatoms. The Hall–Kier alpha value is -3.55. The van der Waals surface area contributed by atoms with Gasteiger partial charge in [0.25, 0.3) is 11.8 Å². The molecule has 29 heavy (non-hydrogen) atoms. The van der Waals surface area contributed by atoms with Crippen LogP contribution in [0.5, 0.6) is 5.75 Å². The van der Waals surface area contributed by atoms with Crippen molar-refractivity contribution in [1.82, 2.24) is 0 Å². The summed E-state index contributed by atoms with van der Waals surface area (Å²) in [5.41, 5.74) is 1.16. The summed E-state index contributed by atoms with van der Waals surface area (Å²) in [6.07, 6.45) is -1.17. The topological polar surface area (TPSA) is 106 Å². The molecule has 8 nitrogen and oxygen atoms in total. The number of benzene rings is 2. The smallest absolute Gasteiger partial charge is 0.412 e. The van der Waals surface area contributed by atoms with Crippen LogP contribution in [0.4, 0.5) is 21.9 Å². The highest BCUT2D eigenvalue weighted by Crippen LogP contribution is 2.32. The molecule has 1 heterocycles. The molecule has 0 aromatic heterocycles. The van der Waals surface area contributed by atoms with Crippen molar-refractivity contribution in [1.29, 1.82) is 0 Å². The second kappa shape index (κ2) is 7.83. The summed E-state index contributed by atoms with van der Waals surface area (Å²) in [7, 11) is 0. The Morgan fingerprint density at radius 2 is 1.79 bits per heavy atom. The van der Waals surface area contributed by atoms with Gasteiger partial charge in [-0.2, -0.15) is 0 Å². The maximum Gasteiger partial charge on any atom is 0.412 e. The summed E-state index contributed by atoms with van der Waals surface area (Å²) in [5.74, 6) is -0.0743. The van der Waals surface area contributed by atoms with Gasteiger partial charge in [0, 0.05) is 16.9 Å². The molecule has 3 rings (SSSR count). The number of anilines is 3. The van der Waals surface area contributed by atoms with Crippen molar-refractivity contribution < 1.29 is 23.9 Å². The van der Waals surface area contributed by atoms with Crippen LogP contribution in [-0.2, 0) is 9.53 Å². The van der Waals surface area contributed by atoms with Crippen LogP contribution in [0.3, 0.4) is 0 Å². The van der Waals surface area contributed by atoms with Crippen LogP contribution >= 0.6 is 0 Å². The maximum atomic E-state index is 12.6. The third-order valence-corrected chi connectivity index (χ3v) is 3.94. The van der Waals surface area contributed by atoms with E-state index in [1.54, 1.807) is 70.2 Å². The van der Waals surface area contributed by atoms with Crippen molar-refractivity contribution in [3.63, 3.8) is 0 Å². The first kappa shape index (κ1) is 20.2. The minimum absolute atomic E-state index is 0.248. The van der Waals surface area contributed by atoms with Gasteiger partial charge in [0.05, 0.1) is 5.69 Å². The molecule has 152 valence electrons. The van der Waals surface area contributed by atoms with Crippen LogP contribution in [-0.4, -0.2) is 29.6 Å². The Morgan fingerprint density at radius 3 is 2.52 bits per heavy atom. The quantitative estimate of drug-likeness (QED) is 0.726. The fourth-order valence-electron chi connectivity index (χ4n) is 2.65. The van der Waals surface area contributed by atoms with Gasteiger partial charge in [-0.05, 0) is 64.1 Å². The molecule has 0 saturated carbocycles. The highest BCUT2D eigenvalue weighted by Gasteiger charge is 2.23. The van der Waals surface area contributed by atoms with Crippen molar-refractivity contribution in [3.05, 3.63) is 48.0 Å². The molecule has 2 aromatic carbocycles. The van der Waals surface area contributed by atoms with E-state index in [9.17, 15) is 14.4 Å². The average molecular weight is 397 g/mol. The second-order valence-electron chi connectivity index (χ2n) is 7.62.